The van der Waals surface area contributed by atoms with E-state index >= 15 is 0 Å². The van der Waals surface area contributed by atoms with E-state index in [1.54, 1.807) is 15.8 Å². The molecule has 1 amide bonds. The fourth-order valence-electron chi connectivity index (χ4n) is 2.89. The van der Waals surface area contributed by atoms with Gasteiger partial charge < -0.3 is 0 Å². The molecule has 1 aromatic heterocycles. The molecule has 0 fully saturated rings. The maximum Gasteiger partial charge on any atom is 0.260 e. The average Bonchev–Trinajstić information content (AvgIpc) is 3.03. The minimum atomic E-state index is 0.0559. The first-order valence-electron chi connectivity index (χ1n) is 6.56. The molecule has 0 saturated carbocycles. The predicted octanol–water partition coefficient (Wildman–Crippen LogP) is 2.73. The van der Waals surface area contributed by atoms with Crippen molar-refractivity contribution >= 4 is 22.5 Å². The second kappa shape index (κ2) is 3.93. The van der Waals surface area contributed by atoms with Crippen molar-refractivity contribution in [3.05, 3.63) is 59.8 Å². The summed E-state index contributed by atoms with van der Waals surface area (Å²) in [6.07, 6.45) is 1.71. The van der Waals surface area contributed by atoms with Crippen molar-refractivity contribution in [3.8, 4) is 0 Å². The molecule has 4 nitrogen and oxygen atoms in total. The number of rotatable bonds is 1. The number of nitrogens with zero attached hydrogens (tertiary/aromatic N) is 3. The highest BCUT2D eigenvalue weighted by atomic mass is 16.2. The van der Waals surface area contributed by atoms with Gasteiger partial charge in [-0.3, -0.25) is 14.4 Å². The van der Waals surface area contributed by atoms with Crippen LogP contribution in [0.2, 0.25) is 0 Å². The summed E-state index contributed by atoms with van der Waals surface area (Å²) in [4.78, 5) is 14.5. The standard InChI is InChI=1S/C16H13N3O/c1-18-14(8-9-17-18)19-10-12-7-6-11-4-2-3-5-13(11)15(12)16(19)20/h2-9H,10H2,1H3. The summed E-state index contributed by atoms with van der Waals surface area (Å²) < 4.78 is 1.73. The third kappa shape index (κ3) is 1.42. The Labute approximate surface area is 116 Å². The molecule has 0 saturated heterocycles. The lowest BCUT2D eigenvalue weighted by Gasteiger charge is -2.15. The third-order valence-electron chi connectivity index (χ3n) is 3.87. The number of carbonyl (C=O) groups excluding carboxylic acids is 1. The highest BCUT2D eigenvalue weighted by Crippen LogP contribution is 2.32. The van der Waals surface area contributed by atoms with Crippen molar-refractivity contribution < 1.29 is 4.79 Å². The Bertz CT molecular complexity index is 835. The molecule has 1 aliphatic heterocycles. The van der Waals surface area contributed by atoms with Crippen molar-refractivity contribution in [3.63, 3.8) is 0 Å². The summed E-state index contributed by atoms with van der Waals surface area (Å²) in [5.74, 6) is 0.885. The molecule has 0 radical (unpaired) electrons. The molecule has 0 N–H and O–H groups in total. The first-order valence-corrected chi connectivity index (χ1v) is 6.56. The smallest absolute Gasteiger partial charge is 0.260 e. The second-order valence-corrected chi connectivity index (χ2v) is 5.03. The number of benzene rings is 2. The molecule has 20 heavy (non-hydrogen) atoms. The number of fused-ring (bicyclic) bond motifs is 3. The van der Waals surface area contributed by atoms with Crippen LogP contribution >= 0.6 is 0 Å². The molecular formula is C16H13N3O. The van der Waals surface area contributed by atoms with E-state index in [1.165, 1.54) is 0 Å². The number of hydrogen-bond donors (Lipinski definition) is 0. The van der Waals surface area contributed by atoms with E-state index in [4.69, 9.17) is 0 Å². The van der Waals surface area contributed by atoms with Gasteiger partial charge in [0, 0.05) is 13.1 Å². The Morgan fingerprint density at radius 3 is 2.75 bits per heavy atom. The van der Waals surface area contributed by atoms with E-state index in [0.29, 0.717) is 6.54 Å². The van der Waals surface area contributed by atoms with Gasteiger partial charge >= 0.3 is 0 Å². The van der Waals surface area contributed by atoms with Crippen molar-refractivity contribution in [2.24, 2.45) is 7.05 Å². The molecule has 2 heterocycles. The van der Waals surface area contributed by atoms with Crippen molar-refractivity contribution in [2.45, 2.75) is 6.54 Å². The summed E-state index contributed by atoms with van der Waals surface area (Å²) in [5, 5.41) is 6.27. The Balaban J connectivity index is 1.91. The Hall–Kier alpha value is -2.62. The zero-order chi connectivity index (χ0) is 13.7. The quantitative estimate of drug-likeness (QED) is 0.677. The lowest BCUT2D eigenvalue weighted by atomic mass is 10.0. The predicted molar refractivity (Wildman–Crippen MR) is 77.7 cm³/mol. The van der Waals surface area contributed by atoms with Crippen LogP contribution in [0.15, 0.2) is 48.7 Å². The van der Waals surface area contributed by atoms with Crippen LogP contribution in [0, 0.1) is 0 Å². The summed E-state index contributed by atoms with van der Waals surface area (Å²) in [6.45, 7) is 0.610. The van der Waals surface area contributed by atoms with Gasteiger partial charge in [-0.25, -0.2) is 0 Å². The van der Waals surface area contributed by atoms with Crippen LogP contribution in [0.5, 0.6) is 0 Å². The van der Waals surface area contributed by atoms with Gasteiger partial charge in [-0.05, 0) is 16.3 Å². The first-order chi connectivity index (χ1) is 9.75. The number of carbonyl (C=O) groups is 1. The summed E-state index contributed by atoms with van der Waals surface area (Å²) >= 11 is 0. The van der Waals surface area contributed by atoms with Crippen molar-refractivity contribution in [2.75, 3.05) is 4.90 Å². The fourth-order valence-corrected chi connectivity index (χ4v) is 2.89. The number of amides is 1. The molecular weight excluding hydrogens is 250 g/mol. The number of anilines is 1. The van der Waals surface area contributed by atoms with Crippen molar-refractivity contribution in [1.82, 2.24) is 9.78 Å². The van der Waals surface area contributed by atoms with Gasteiger partial charge in [0.2, 0.25) is 0 Å². The molecule has 0 atom stereocenters. The molecule has 1 aliphatic rings. The lowest BCUT2D eigenvalue weighted by Crippen LogP contribution is -2.25. The normalized spacial score (nSPS) is 14.1. The van der Waals surface area contributed by atoms with E-state index in [2.05, 4.69) is 11.2 Å². The molecule has 0 aliphatic carbocycles. The minimum absolute atomic E-state index is 0.0559. The SMILES string of the molecule is Cn1nccc1N1Cc2ccc3ccccc3c2C1=O. The molecule has 98 valence electrons. The Morgan fingerprint density at radius 2 is 1.95 bits per heavy atom. The van der Waals surface area contributed by atoms with Crippen LogP contribution in [0.1, 0.15) is 15.9 Å². The van der Waals surface area contributed by atoms with Gasteiger partial charge in [0.15, 0.2) is 0 Å². The van der Waals surface area contributed by atoms with Crippen LogP contribution in [-0.2, 0) is 13.6 Å². The van der Waals surface area contributed by atoms with Gasteiger partial charge in [-0.2, -0.15) is 5.10 Å². The highest BCUT2D eigenvalue weighted by molar-refractivity contribution is 6.17. The largest absolute Gasteiger partial charge is 0.288 e. The summed E-state index contributed by atoms with van der Waals surface area (Å²) in [5.41, 5.74) is 1.90. The number of aromatic nitrogens is 2. The molecule has 0 bridgehead atoms. The van der Waals surface area contributed by atoms with Crippen LogP contribution in [0.25, 0.3) is 10.8 Å². The number of hydrogen-bond acceptors (Lipinski definition) is 2. The molecule has 4 heteroatoms. The van der Waals surface area contributed by atoms with E-state index in [1.807, 2.05) is 43.4 Å². The van der Waals surface area contributed by atoms with Crippen LogP contribution in [-0.4, -0.2) is 15.7 Å². The molecule has 0 unspecified atom stereocenters. The fraction of sp³-hybridized carbons (Fsp3) is 0.125. The second-order valence-electron chi connectivity index (χ2n) is 5.03. The van der Waals surface area contributed by atoms with E-state index in [0.717, 1.165) is 27.7 Å². The topological polar surface area (TPSA) is 38.1 Å². The maximum atomic E-state index is 12.7. The molecule has 2 aromatic carbocycles. The summed E-state index contributed by atoms with van der Waals surface area (Å²) in [7, 11) is 1.85. The van der Waals surface area contributed by atoms with Crippen LogP contribution in [0.3, 0.4) is 0 Å². The molecule has 4 rings (SSSR count). The third-order valence-corrected chi connectivity index (χ3v) is 3.87. The van der Waals surface area contributed by atoms with Crippen LogP contribution < -0.4 is 4.90 Å². The van der Waals surface area contributed by atoms with Gasteiger partial charge in [-0.1, -0.05) is 36.4 Å². The first kappa shape index (κ1) is 11.2. The average molecular weight is 263 g/mol. The zero-order valence-electron chi connectivity index (χ0n) is 11.1. The zero-order valence-corrected chi connectivity index (χ0v) is 11.1. The van der Waals surface area contributed by atoms with E-state index < -0.39 is 0 Å². The number of aryl methyl sites for hydroxylation is 1. The Kier molecular flexibility index (Phi) is 2.21. The molecule has 0 spiro atoms. The van der Waals surface area contributed by atoms with E-state index in [9.17, 15) is 4.79 Å². The van der Waals surface area contributed by atoms with Gasteiger partial charge in [0.25, 0.3) is 5.91 Å². The summed E-state index contributed by atoms with van der Waals surface area (Å²) in [6, 6.07) is 14.0. The Morgan fingerprint density at radius 1 is 1.10 bits per heavy atom. The van der Waals surface area contributed by atoms with Crippen LogP contribution in [0.4, 0.5) is 5.82 Å². The van der Waals surface area contributed by atoms with Gasteiger partial charge in [-0.15, -0.1) is 0 Å². The maximum absolute atomic E-state index is 12.7. The highest BCUT2D eigenvalue weighted by Gasteiger charge is 2.31. The van der Waals surface area contributed by atoms with Gasteiger partial charge in [0.1, 0.15) is 5.82 Å². The lowest BCUT2D eigenvalue weighted by molar-refractivity contribution is 0.0996. The van der Waals surface area contributed by atoms with E-state index in [-0.39, 0.29) is 5.91 Å². The van der Waals surface area contributed by atoms with Gasteiger partial charge in [0.05, 0.1) is 18.3 Å². The van der Waals surface area contributed by atoms with Crippen molar-refractivity contribution in [1.29, 1.82) is 0 Å². The molecule has 3 aromatic rings. The monoisotopic (exact) mass is 263 g/mol. The minimum Gasteiger partial charge on any atom is -0.288 e.